The second-order valence-corrected chi connectivity index (χ2v) is 8.60. The molecule has 1 unspecified atom stereocenters. The van der Waals surface area contributed by atoms with Gasteiger partial charge in [-0.25, -0.2) is 0 Å². The third-order valence-corrected chi connectivity index (χ3v) is 6.55. The number of hydrogen-bond donors (Lipinski definition) is 2. The molecule has 0 spiro atoms. The van der Waals surface area contributed by atoms with E-state index >= 15 is 0 Å². The number of nitrogens with one attached hydrogen (secondary N) is 1. The summed E-state index contributed by atoms with van der Waals surface area (Å²) in [4.78, 5) is 4.80. The third-order valence-electron chi connectivity index (χ3n) is 6.55. The van der Waals surface area contributed by atoms with Crippen molar-refractivity contribution in [2.45, 2.75) is 74.3 Å². The molecule has 0 bridgehead atoms. The van der Waals surface area contributed by atoms with Crippen molar-refractivity contribution < 1.29 is 4.52 Å². The predicted molar refractivity (Wildman–Crippen MR) is 100.0 cm³/mol. The van der Waals surface area contributed by atoms with Crippen LogP contribution in [0.3, 0.4) is 0 Å². The van der Waals surface area contributed by atoms with Crippen molar-refractivity contribution in [2.24, 2.45) is 5.73 Å². The third kappa shape index (κ3) is 3.19. The Morgan fingerprint density at radius 2 is 2.00 bits per heavy atom. The maximum Gasteiger partial charge on any atom is 0.229 e. The van der Waals surface area contributed by atoms with Crippen molar-refractivity contribution in [3.8, 4) is 0 Å². The average Bonchev–Trinajstić information content (AvgIpc) is 3.58. The van der Waals surface area contributed by atoms with Crippen molar-refractivity contribution in [3.63, 3.8) is 0 Å². The molecular weight excluding hydrogens is 324 g/mol. The van der Waals surface area contributed by atoms with Crippen LogP contribution in [0.1, 0.15) is 74.1 Å². The molecule has 3 N–H and O–H groups in total. The molecule has 138 valence electrons. The minimum atomic E-state index is 0.0996. The number of benzene rings is 1. The number of nitrogens with zero attached hydrogens (tertiary/aromatic N) is 2. The Labute approximate surface area is 154 Å². The average molecular weight is 352 g/mol. The summed E-state index contributed by atoms with van der Waals surface area (Å²) in [7, 11) is 0. The van der Waals surface area contributed by atoms with E-state index in [1.807, 2.05) is 0 Å². The Morgan fingerprint density at radius 3 is 2.77 bits per heavy atom. The monoisotopic (exact) mass is 352 g/mol. The normalized spacial score (nSPS) is 32.3. The standard InChI is InChI=1S/C21H28N4O/c22-16-8-4-7-15(11-16)19-24-20(25-26-19)21(9-10-21)13-23-18-12-17(18)14-5-2-1-3-6-14/h1-3,5-6,15-18,23H,4,7-13,22H2/t15-,16+,17?,18+/m1/s1. The lowest BCUT2D eigenvalue weighted by atomic mass is 9.86. The molecule has 4 atom stereocenters. The van der Waals surface area contributed by atoms with Gasteiger partial charge >= 0.3 is 0 Å². The van der Waals surface area contributed by atoms with Gasteiger partial charge in [0.25, 0.3) is 0 Å². The van der Waals surface area contributed by atoms with Crippen LogP contribution in [-0.2, 0) is 5.41 Å². The summed E-state index contributed by atoms with van der Waals surface area (Å²) in [5.41, 5.74) is 7.67. The number of rotatable bonds is 6. The quantitative estimate of drug-likeness (QED) is 0.835. The van der Waals surface area contributed by atoms with Crippen molar-refractivity contribution in [2.75, 3.05) is 6.54 Å². The van der Waals surface area contributed by atoms with E-state index in [-0.39, 0.29) is 11.5 Å². The lowest BCUT2D eigenvalue weighted by Crippen LogP contribution is -2.30. The van der Waals surface area contributed by atoms with Crippen LogP contribution in [0.2, 0.25) is 0 Å². The lowest BCUT2D eigenvalue weighted by Gasteiger charge is -2.23. The Kier molecular flexibility index (Phi) is 4.09. The van der Waals surface area contributed by atoms with Crippen molar-refractivity contribution in [1.82, 2.24) is 15.5 Å². The summed E-state index contributed by atoms with van der Waals surface area (Å²) in [6.45, 7) is 0.962. The fourth-order valence-corrected chi connectivity index (χ4v) is 4.51. The van der Waals surface area contributed by atoms with E-state index in [1.54, 1.807) is 0 Å². The molecule has 3 aliphatic carbocycles. The highest BCUT2D eigenvalue weighted by atomic mass is 16.5. The van der Waals surface area contributed by atoms with E-state index in [1.165, 1.54) is 18.4 Å². The molecule has 0 saturated heterocycles. The smallest absolute Gasteiger partial charge is 0.229 e. The van der Waals surface area contributed by atoms with E-state index in [4.69, 9.17) is 15.2 Å². The first-order valence-electron chi connectivity index (χ1n) is 10.1. The van der Waals surface area contributed by atoms with Gasteiger partial charge in [-0.2, -0.15) is 4.98 Å². The zero-order valence-electron chi connectivity index (χ0n) is 15.2. The van der Waals surface area contributed by atoms with Crippen LogP contribution in [0, 0.1) is 0 Å². The Morgan fingerprint density at radius 1 is 1.15 bits per heavy atom. The zero-order valence-corrected chi connectivity index (χ0v) is 15.2. The molecule has 26 heavy (non-hydrogen) atoms. The highest BCUT2D eigenvalue weighted by Gasteiger charge is 2.50. The molecule has 0 aliphatic heterocycles. The summed E-state index contributed by atoms with van der Waals surface area (Å²) in [6, 6.07) is 11.7. The van der Waals surface area contributed by atoms with Crippen LogP contribution in [0.5, 0.6) is 0 Å². The zero-order chi connectivity index (χ0) is 17.6. The molecule has 3 saturated carbocycles. The first-order chi connectivity index (χ1) is 12.7. The topological polar surface area (TPSA) is 77.0 Å². The Bertz CT molecular complexity index is 754. The SMILES string of the molecule is N[C@H]1CCC[C@@H](c2nc(C3(CN[C@H]4CC4c4ccccc4)CC3)no2)C1. The molecule has 5 rings (SSSR count). The summed E-state index contributed by atoms with van der Waals surface area (Å²) in [6.07, 6.45) is 7.94. The molecule has 2 aromatic rings. The van der Waals surface area contributed by atoms with E-state index in [2.05, 4.69) is 40.8 Å². The van der Waals surface area contributed by atoms with Gasteiger partial charge < -0.3 is 15.6 Å². The fraction of sp³-hybridized carbons (Fsp3) is 0.619. The molecule has 1 aromatic heterocycles. The van der Waals surface area contributed by atoms with Crippen LogP contribution in [0.15, 0.2) is 34.9 Å². The Hall–Kier alpha value is -1.72. The highest BCUT2D eigenvalue weighted by molar-refractivity contribution is 5.28. The van der Waals surface area contributed by atoms with Gasteiger partial charge in [0.05, 0.1) is 0 Å². The van der Waals surface area contributed by atoms with Gasteiger partial charge in [-0.05, 0) is 44.1 Å². The van der Waals surface area contributed by atoms with Crippen molar-refractivity contribution in [1.29, 1.82) is 0 Å². The van der Waals surface area contributed by atoms with E-state index in [9.17, 15) is 0 Å². The first-order valence-corrected chi connectivity index (χ1v) is 10.1. The van der Waals surface area contributed by atoms with Crippen molar-refractivity contribution in [3.05, 3.63) is 47.6 Å². The first kappa shape index (κ1) is 16.5. The minimum Gasteiger partial charge on any atom is -0.339 e. The molecule has 5 heteroatoms. The Balaban J connectivity index is 1.20. The predicted octanol–water partition coefficient (Wildman–Crippen LogP) is 3.23. The summed E-state index contributed by atoms with van der Waals surface area (Å²) < 4.78 is 5.65. The van der Waals surface area contributed by atoms with Crippen LogP contribution in [-0.4, -0.2) is 28.8 Å². The van der Waals surface area contributed by atoms with Gasteiger partial charge in [-0.15, -0.1) is 0 Å². The van der Waals surface area contributed by atoms with E-state index in [0.29, 0.717) is 17.9 Å². The van der Waals surface area contributed by atoms with Crippen molar-refractivity contribution >= 4 is 0 Å². The summed E-state index contributed by atoms with van der Waals surface area (Å²) in [5.74, 6) is 2.75. The van der Waals surface area contributed by atoms with Gasteiger partial charge in [0.15, 0.2) is 5.82 Å². The van der Waals surface area contributed by atoms with Crippen LogP contribution >= 0.6 is 0 Å². The highest BCUT2D eigenvalue weighted by Crippen LogP contribution is 2.48. The maximum atomic E-state index is 6.12. The summed E-state index contributed by atoms with van der Waals surface area (Å²) >= 11 is 0. The van der Waals surface area contributed by atoms with Gasteiger partial charge in [0.1, 0.15) is 0 Å². The molecule has 3 fully saturated rings. The van der Waals surface area contributed by atoms with Gasteiger partial charge in [0, 0.05) is 35.9 Å². The second-order valence-electron chi connectivity index (χ2n) is 8.60. The lowest BCUT2D eigenvalue weighted by molar-refractivity contribution is 0.296. The van der Waals surface area contributed by atoms with Crippen LogP contribution in [0.4, 0.5) is 0 Å². The maximum absolute atomic E-state index is 6.12. The largest absolute Gasteiger partial charge is 0.339 e. The van der Waals surface area contributed by atoms with Crippen LogP contribution < -0.4 is 11.1 Å². The summed E-state index contributed by atoms with van der Waals surface area (Å²) in [5, 5.41) is 8.12. The van der Waals surface area contributed by atoms with Gasteiger partial charge in [-0.1, -0.05) is 41.9 Å². The van der Waals surface area contributed by atoms with Crippen LogP contribution in [0.25, 0.3) is 0 Å². The second kappa shape index (κ2) is 6.46. The molecule has 1 heterocycles. The van der Waals surface area contributed by atoms with E-state index < -0.39 is 0 Å². The number of hydrogen-bond acceptors (Lipinski definition) is 5. The van der Waals surface area contributed by atoms with Gasteiger partial charge in [-0.3, -0.25) is 0 Å². The van der Waals surface area contributed by atoms with E-state index in [0.717, 1.165) is 50.4 Å². The van der Waals surface area contributed by atoms with Gasteiger partial charge in [0.2, 0.25) is 5.89 Å². The number of nitrogens with two attached hydrogens (primary N) is 1. The fourth-order valence-electron chi connectivity index (χ4n) is 4.51. The molecule has 0 amide bonds. The molecule has 1 aromatic carbocycles. The molecule has 5 nitrogen and oxygen atoms in total. The molecular formula is C21H28N4O. The molecule has 3 aliphatic rings. The number of aromatic nitrogens is 2. The molecule has 0 radical (unpaired) electrons. The minimum absolute atomic E-state index is 0.0996.